The third-order valence-corrected chi connectivity index (χ3v) is 3.25. The quantitative estimate of drug-likeness (QED) is 0.820. The van der Waals surface area contributed by atoms with Crippen molar-refractivity contribution in [3.05, 3.63) is 46.6 Å². The van der Waals surface area contributed by atoms with E-state index in [9.17, 15) is 0 Å². The Morgan fingerprint density at radius 1 is 1.33 bits per heavy atom. The fourth-order valence-corrected chi connectivity index (χ4v) is 2.04. The van der Waals surface area contributed by atoms with Gasteiger partial charge in [0, 0.05) is 18.0 Å². The van der Waals surface area contributed by atoms with Crippen LogP contribution in [0, 0.1) is 0 Å². The molecule has 0 amide bonds. The van der Waals surface area contributed by atoms with Crippen molar-refractivity contribution in [2.75, 3.05) is 13.7 Å². The number of halogens is 1. The normalized spacial score (nSPS) is 24.9. The van der Waals surface area contributed by atoms with Crippen LogP contribution in [0.25, 0.3) is 0 Å². The van der Waals surface area contributed by atoms with Gasteiger partial charge >= 0.3 is 0 Å². The zero-order chi connectivity index (χ0) is 10.7. The van der Waals surface area contributed by atoms with Crippen LogP contribution in [0.4, 0.5) is 0 Å². The molecule has 0 aliphatic carbocycles. The molecule has 1 unspecified atom stereocenters. The molecule has 1 atom stereocenters. The molecular weight excluding hydrogens is 256 g/mol. The van der Waals surface area contributed by atoms with Gasteiger partial charge in [0.15, 0.2) is 0 Å². The molecule has 0 saturated heterocycles. The molecule has 0 spiro atoms. The predicted octanol–water partition coefficient (Wildman–Crippen LogP) is 3.22. The first-order chi connectivity index (χ1) is 7.27. The van der Waals surface area contributed by atoms with Crippen LogP contribution < -0.4 is 0 Å². The summed E-state index contributed by atoms with van der Waals surface area (Å²) < 4.78 is 11.9. The molecule has 15 heavy (non-hydrogen) atoms. The van der Waals surface area contributed by atoms with E-state index in [1.54, 1.807) is 13.4 Å². The van der Waals surface area contributed by atoms with Crippen LogP contribution in [0.1, 0.15) is 12.0 Å². The molecule has 0 fully saturated rings. The second-order valence-electron chi connectivity index (χ2n) is 3.52. The van der Waals surface area contributed by atoms with Crippen molar-refractivity contribution in [1.29, 1.82) is 0 Å². The molecule has 2 nitrogen and oxygen atoms in total. The Morgan fingerprint density at radius 3 is 2.60 bits per heavy atom. The molecule has 1 heterocycles. The van der Waals surface area contributed by atoms with Gasteiger partial charge in [-0.1, -0.05) is 28.1 Å². The van der Waals surface area contributed by atoms with Crippen LogP contribution >= 0.6 is 15.9 Å². The van der Waals surface area contributed by atoms with Crippen LogP contribution in [0.15, 0.2) is 41.1 Å². The predicted molar refractivity (Wildman–Crippen MR) is 62.5 cm³/mol. The highest BCUT2D eigenvalue weighted by Crippen LogP contribution is 2.33. The molecule has 2 rings (SSSR count). The molecule has 0 bridgehead atoms. The fraction of sp³-hybridized carbons (Fsp3) is 0.333. The lowest BCUT2D eigenvalue weighted by molar-refractivity contribution is -0.00884. The summed E-state index contributed by atoms with van der Waals surface area (Å²) in [6.45, 7) is 0.695. The van der Waals surface area contributed by atoms with E-state index < -0.39 is 0 Å². The zero-order valence-corrected chi connectivity index (χ0v) is 10.2. The molecular formula is C12H13BrO2. The summed E-state index contributed by atoms with van der Waals surface area (Å²) in [5.74, 6) is 0. The van der Waals surface area contributed by atoms with E-state index in [1.165, 1.54) is 0 Å². The van der Waals surface area contributed by atoms with Gasteiger partial charge in [0.1, 0.15) is 5.60 Å². The Kier molecular flexibility index (Phi) is 3.12. The van der Waals surface area contributed by atoms with E-state index >= 15 is 0 Å². The van der Waals surface area contributed by atoms with Crippen molar-refractivity contribution in [2.45, 2.75) is 12.0 Å². The van der Waals surface area contributed by atoms with Crippen molar-refractivity contribution < 1.29 is 9.47 Å². The van der Waals surface area contributed by atoms with E-state index in [0.29, 0.717) is 6.61 Å². The van der Waals surface area contributed by atoms with Crippen molar-refractivity contribution in [1.82, 2.24) is 0 Å². The highest BCUT2D eigenvalue weighted by Gasteiger charge is 2.31. The monoisotopic (exact) mass is 268 g/mol. The fourth-order valence-electron chi connectivity index (χ4n) is 1.78. The number of hydrogen-bond acceptors (Lipinski definition) is 2. The van der Waals surface area contributed by atoms with Crippen LogP contribution in [0.5, 0.6) is 0 Å². The molecule has 1 aromatic rings. The molecule has 0 N–H and O–H groups in total. The second-order valence-corrected chi connectivity index (χ2v) is 4.44. The first kappa shape index (κ1) is 10.7. The molecule has 1 aliphatic heterocycles. The van der Waals surface area contributed by atoms with Crippen molar-refractivity contribution in [3.63, 3.8) is 0 Å². The molecule has 3 heteroatoms. The minimum Gasteiger partial charge on any atom is -0.501 e. The number of rotatable bonds is 2. The summed E-state index contributed by atoms with van der Waals surface area (Å²) in [7, 11) is 1.73. The summed E-state index contributed by atoms with van der Waals surface area (Å²) in [4.78, 5) is 0. The highest BCUT2D eigenvalue weighted by molar-refractivity contribution is 9.10. The van der Waals surface area contributed by atoms with Crippen molar-refractivity contribution in [2.24, 2.45) is 0 Å². The third kappa shape index (κ3) is 2.08. The third-order valence-electron chi connectivity index (χ3n) is 2.72. The van der Waals surface area contributed by atoms with Gasteiger partial charge < -0.3 is 9.47 Å². The average molecular weight is 269 g/mol. The van der Waals surface area contributed by atoms with E-state index in [4.69, 9.17) is 9.47 Å². The standard InChI is InChI=1S/C12H13BrO2/c1-14-12(6-8-15-9-7-12)10-2-4-11(13)5-3-10/h2-6,8H,7,9H2,1H3. The Hall–Kier alpha value is -0.800. The number of hydrogen-bond donors (Lipinski definition) is 0. The summed E-state index contributed by atoms with van der Waals surface area (Å²) in [5, 5.41) is 0. The molecule has 1 aliphatic rings. The van der Waals surface area contributed by atoms with Gasteiger partial charge in [0.25, 0.3) is 0 Å². The van der Waals surface area contributed by atoms with Crippen molar-refractivity contribution >= 4 is 15.9 Å². The summed E-state index contributed by atoms with van der Waals surface area (Å²) in [6.07, 6.45) is 4.54. The number of methoxy groups -OCH3 is 1. The minimum atomic E-state index is -0.320. The Balaban J connectivity index is 2.37. The lowest BCUT2D eigenvalue weighted by atomic mass is 9.89. The minimum absolute atomic E-state index is 0.320. The maximum atomic E-state index is 5.62. The highest BCUT2D eigenvalue weighted by atomic mass is 79.9. The lowest BCUT2D eigenvalue weighted by Gasteiger charge is -2.32. The van der Waals surface area contributed by atoms with Gasteiger partial charge in [0.2, 0.25) is 0 Å². The van der Waals surface area contributed by atoms with Gasteiger partial charge in [0.05, 0.1) is 12.9 Å². The Bertz CT molecular complexity index is 358. The van der Waals surface area contributed by atoms with E-state index in [2.05, 4.69) is 28.1 Å². The summed E-state index contributed by atoms with van der Waals surface area (Å²) in [5.41, 5.74) is 0.839. The first-order valence-electron chi connectivity index (χ1n) is 4.87. The Labute approximate surface area is 98.0 Å². The van der Waals surface area contributed by atoms with Crippen LogP contribution in [0.2, 0.25) is 0 Å². The van der Waals surface area contributed by atoms with Gasteiger partial charge in [-0.3, -0.25) is 0 Å². The molecule has 1 aromatic carbocycles. The maximum absolute atomic E-state index is 5.62. The molecule has 0 radical (unpaired) electrons. The topological polar surface area (TPSA) is 18.5 Å². The molecule has 0 saturated carbocycles. The largest absolute Gasteiger partial charge is 0.501 e. The smallest absolute Gasteiger partial charge is 0.117 e. The van der Waals surface area contributed by atoms with E-state index in [-0.39, 0.29) is 5.60 Å². The number of ether oxygens (including phenoxy) is 2. The van der Waals surface area contributed by atoms with E-state index in [1.807, 2.05) is 18.2 Å². The van der Waals surface area contributed by atoms with Gasteiger partial charge in [-0.15, -0.1) is 0 Å². The van der Waals surface area contributed by atoms with Crippen molar-refractivity contribution in [3.8, 4) is 0 Å². The van der Waals surface area contributed by atoms with E-state index in [0.717, 1.165) is 16.5 Å². The van der Waals surface area contributed by atoms with Gasteiger partial charge in [-0.2, -0.15) is 0 Å². The summed E-state index contributed by atoms with van der Waals surface area (Å²) >= 11 is 3.43. The lowest BCUT2D eigenvalue weighted by Crippen LogP contribution is -2.29. The van der Waals surface area contributed by atoms with Crippen LogP contribution in [-0.4, -0.2) is 13.7 Å². The Morgan fingerprint density at radius 2 is 2.07 bits per heavy atom. The average Bonchev–Trinajstić information content (AvgIpc) is 2.31. The van der Waals surface area contributed by atoms with Gasteiger partial charge in [-0.25, -0.2) is 0 Å². The summed E-state index contributed by atoms with van der Waals surface area (Å²) in [6, 6.07) is 8.20. The molecule has 0 aromatic heterocycles. The maximum Gasteiger partial charge on any atom is 0.117 e. The zero-order valence-electron chi connectivity index (χ0n) is 8.57. The number of benzene rings is 1. The van der Waals surface area contributed by atoms with Gasteiger partial charge in [-0.05, 0) is 23.8 Å². The van der Waals surface area contributed by atoms with Crippen LogP contribution in [0.3, 0.4) is 0 Å². The SMILES string of the molecule is COC1(c2ccc(Br)cc2)C=COCC1. The molecule has 80 valence electrons. The van der Waals surface area contributed by atoms with Crippen LogP contribution in [-0.2, 0) is 15.1 Å². The first-order valence-corrected chi connectivity index (χ1v) is 5.67. The second kappa shape index (κ2) is 4.37.